The average Bonchev–Trinajstić information content (AvgIpc) is 3.04. The van der Waals surface area contributed by atoms with Crippen LogP contribution in [0.15, 0.2) is 24.3 Å². The van der Waals surface area contributed by atoms with Crippen LogP contribution < -0.4 is 5.32 Å². The third-order valence-corrected chi connectivity index (χ3v) is 4.82. The maximum absolute atomic E-state index is 12.3. The molecule has 1 aliphatic heterocycles. The molecule has 0 spiro atoms. The zero-order chi connectivity index (χ0) is 19.6. The van der Waals surface area contributed by atoms with Crippen molar-refractivity contribution in [3.05, 3.63) is 52.3 Å². The van der Waals surface area contributed by atoms with E-state index < -0.39 is 0 Å². The van der Waals surface area contributed by atoms with Crippen LogP contribution in [0.25, 0.3) is 0 Å². The van der Waals surface area contributed by atoms with E-state index >= 15 is 0 Å². The standard InChI is InChI=1S/C20H27N5O2/c1-14-5-6-15(2)16(9-14)10-19(26)21-12-17-11-18-13-24(20(27)23(3)4)7-8-25(18)22-17/h5-6,9,11H,7-8,10,12-13H2,1-4H3,(H,21,26). The highest BCUT2D eigenvalue weighted by Gasteiger charge is 2.23. The summed E-state index contributed by atoms with van der Waals surface area (Å²) >= 11 is 0. The van der Waals surface area contributed by atoms with Crippen LogP contribution in [-0.2, 0) is 30.8 Å². The number of hydrogen-bond acceptors (Lipinski definition) is 3. The number of nitrogens with one attached hydrogen (secondary N) is 1. The molecule has 1 aromatic carbocycles. The van der Waals surface area contributed by atoms with Crippen LogP contribution in [0.4, 0.5) is 4.79 Å². The van der Waals surface area contributed by atoms with Gasteiger partial charge in [0.2, 0.25) is 5.91 Å². The Hall–Kier alpha value is -2.83. The second-order valence-electron chi connectivity index (χ2n) is 7.33. The monoisotopic (exact) mass is 369 g/mol. The predicted molar refractivity (Wildman–Crippen MR) is 103 cm³/mol. The molecule has 7 nitrogen and oxygen atoms in total. The quantitative estimate of drug-likeness (QED) is 0.894. The van der Waals surface area contributed by atoms with Crippen molar-refractivity contribution in [3.63, 3.8) is 0 Å². The summed E-state index contributed by atoms with van der Waals surface area (Å²) in [7, 11) is 3.51. The number of benzene rings is 1. The first-order chi connectivity index (χ1) is 12.8. The molecule has 0 fully saturated rings. The maximum atomic E-state index is 12.3. The van der Waals surface area contributed by atoms with Crippen LogP contribution in [0.3, 0.4) is 0 Å². The highest BCUT2D eigenvalue weighted by atomic mass is 16.2. The fourth-order valence-corrected chi connectivity index (χ4v) is 3.27. The van der Waals surface area contributed by atoms with Crippen molar-refractivity contribution < 1.29 is 9.59 Å². The number of carbonyl (C=O) groups is 2. The molecule has 3 rings (SSSR count). The van der Waals surface area contributed by atoms with Gasteiger partial charge in [-0.25, -0.2) is 4.79 Å². The zero-order valence-electron chi connectivity index (χ0n) is 16.5. The Morgan fingerprint density at radius 2 is 1.96 bits per heavy atom. The van der Waals surface area contributed by atoms with E-state index in [1.54, 1.807) is 23.9 Å². The molecule has 0 saturated carbocycles. The fourth-order valence-electron chi connectivity index (χ4n) is 3.27. The summed E-state index contributed by atoms with van der Waals surface area (Å²) in [5.41, 5.74) is 5.14. The number of fused-ring (bicyclic) bond motifs is 1. The Balaban J connectivity index is 1.57. The average molecular weight is 369 g/mol. The number of aromatic nitrogens is 2. The molecule has 0 unspecified atom stereocenters. The van der Waals surface area contributed by atoms with Crippen molar-refractivity contribution in [3.8, 4) is 0 Å². The first-order valence-electron chi connectivity index (χ1n) is 9.18. The molecule has 7 heteroatoms. The summed E-state index contributed by atoms with van der Waals surface area (Å²) in [6.45, 7) is 6.30. The van der Waals surface area contributed by atoms with Gasteiger partial charge in [-0.05, 0) is 31.0 Å². The summed E-state index contributed by atoms with van der Waals surface area (Å²) in [4.78, 5) is 27.8. The van der Waals surface area contributed by atoms with Gasteiger partial charge >= 0.3 is 6.03 Å². The molecule has 144 valence electrons. The minimum absolute atomic E-state index is 0.00540. The summed E-state index contributed by atoms with van der Waals surface area (Å²) in [5, 5.41) is 7.50. The van der Waals surface area contributed by atoms with Gasteiger partial charge in [-0.2, -0.15) is 5.10 Å². The summed E-state index contributed by atoms with van der Waals surface area (Å²) in [6.07, 6.45) is 0.367. The van der Waals surface area contributed by atoms with E-state index in [4.69, 9.17) is 0 Å². The van der Waals surface area contributed by atoms with E-state index in [0.717, 1.165) is 28.1 Å². The van der Waals surface area contributed by atoms with Crippen LogP contribution >= 0.6 is 0 Å². The molecule has 0 bridgehead atoms. The van der Waals surface area contributed by atoms with E-state index in [-0.39, 0.29) is 11.9 Å². The largest absolute Gasteiger partial charge is 0.350 e. The Morgan fingerprint density at radius 1 is 1.19 bits per heavy atom. The summed E-state index contributed by atoms with van der Waals surface area (Å²) < 4.78 is 1.92. The number of aryl methyl sites for hydroxylation is 2. The van der Waals surface area contributed by atoms with Gasteiger partial charge in [0.05, 0.1) is 37.4 Å². The van der Waals surface area contributed by atoms with Crippen molar-refractivity contribution in [2.75, 3.05) is 20.6 Å². The van der Waals surface area contributed by atoms with E-state index in [9.17, 15) is 9.59 Å². The van der Waals surface area contributed by atoms with Crippen LogP contribution in [0.2, 0.25) is 0 Å². The van der Waals surface area contributed by atoms with Crippen molar-refractivity contribution in [2.45, 2.75) is 39.9 Å². The first kappa shape index (κ1) is 18.9. The molecule has 1 aromatic heterocycles. The SMILES string of the molecule is Cc1ccc(C)c(CC(=O)NCc2cc3n(n2)CCN(C(=O)N(C)C)C3)c1. The number of amides is 3. The van der Waals surface area contributed by atoms with E-state index in [2.05, 4.69) is 22.5 Å². The fraction of sp³-hybridized carbons (Fsp3) is 0.450. The molecule has 0 saturated heterocycles. The Morgan fingerprint density at radius 3 is 2.70 bits per heavy atom. The highest BCUT2D eigenvalue weighted by molar-refractivity contribution is 5.79. The summed E-state index contributed by atoms with van der Waals surface area (Å²) in [5.74, 6) is -0.0147. The zero-order valence-corrected chi connectivity index (χ0v) is 16.5. The van der Waals surface area contributed by atoms with Gasteiger partial charge in [0.15, 0.2) is 0 Å². The van der Waals surface area contributed by atoms with Gasteiger partial charge in [-0.3, -0.25) is 9.48 Å². The molecule has 0 radical (unpaired) electrons. The Bertz CT molecular complexity index is 856. The molecular formula is C20H27N5O2. The number of nitrogens with zero attached hydrogens (tertiary/aromatic N) is 4. The first-order valence-corrected chi connectivity index (χ1v) is 9.18. The number of urea groups is 1. The third kappa shape index (κ3) is 4.48. The predicted octanol–water partition coefficient (Wildman–Crippen LogP) is 1.86. The Kier molecular flexibility index (Phi) is 5.48. The van der Waals surface area contributed by atoms with Crippen LogP contribution in [-0.4, -0.2) is 52.2 Å². The topological polar surface area (TPSA) is 70.5 Å². The van der Waals surface area contributed by atoms with E-state index in [1.807, 2.05) is 30.7 Å². The summed E-state index contributed by atoms with van der Waals surface area (Å²) in [6, 6.07) is 8.12. The normalized spacial score (nSPS) is 13.3. The molecule has 3 amide bonds. The Labute approximate surface area is 159 Å². The molecule has 27 heavy (non-hydrogen) atoms. The molecule has 0 atom stereocenters. The van der Waals surface area contributed by atoms with Crippen LogP contribution in [0.5, 0.6) is 0 Å². The molecular weight excluding hydrogens is 342 g/mol. The maximum Gasteiger partial charge on any atom is 0.319 e. The van der Waals surface area contributed by atoms with Gasteiger partial charge in [0, 0.05) is 20.6 Å². The second kappa shape index (κ2) is 7.82. The highest BCUT2D eigenvalue weighted by Crippen LogP contribution is 2.15. The van der Waals surface area contributed by atoms with Crippen molar-refractivity contribution >= 4 is 11.9 Å². The molecule has 2 heterocycles. The second-order valence-corrected chi connectivity index (χ2v) is 7.33. The van der Waals surface area contributed by atoms with Gasteiger partial charge in [0.25, 0.3) is 0 Å². The minimum atomic E-state index is -0.0147. The van der Waals surface area contributed by atoms with Gasteiger partial charge < -0.3 is 15.1 Å². The molecule has 1 N–H and O–H groups in total. The molecule has 0 aliphatic carbocycles. The molecule has 2 aromatic rings. The van der Waals surface area contributed by atoms with E-state index in [1.165, 1.54) is 0 Å². The number of carbonyl (C=O) groups excluding carboxylic acids is 2. The number of rotatable bonds is 4. The third-order valence-electron chi connectivity index (χ3n) is 4.82. The van der Waals surface area contributed by atoms with Crippen molar-refractivity contribution in [2.24, 2.45) is 0 Å². The van der Waals surface area contributed by atoms with Crippen molar-refractivity contribution in [1.82, 2.24) is 24.9 Å². The van der Waals surface area contributed by atoms with Gasteiger partial charge in [-0.15, -0.1) is 0 Å². The minimum Gasteiger partial charge on any atom is -0.350 e. The number of hydrogen-bond donors (Lipinski definition) is 1. The lowest BCUT2D eigenvalue weighted by molar-refractivity contribution is -0.120. The lowest BCUT2D eigenvalue weighted by Gasteiger charge is -2.29. The van der Waals surface area contributed by atoms with Crippen LogP contribution in [0, 0.1) is 13.8 Å². The molecule has 1 aliphatic rings. The smallest absolute Gasteiger partial charge is 0.319 e. The lowest BCUT2D eigenvalue weighted by Crippen LogP contribution is -2.43. The van der Waals surface area contributed by atoms with Gasteiger partial charge in [0.1, 0.15) is 0 Å². The van der Waals surface area contributed by atoms with E-state index in [0.29, 0.717) is 32.6 Å². The lowest BCUT2D eigenvalue weighted by atomic mass is 10.0. The van der Waals surface area contributed by atoms with Crippen molar-refractivity contribution in [1.29, 1.82) is 0 Å². The van der Waals surface area contributed by atoms with Gasteiger partial charge in [-0.1, -0.05) is 23.8 Å². The van der Waals surface area contributed by atoms with Crippen LogP contribution in [0.1, 0.15) is 28.1 Å².